The van der Waals surface area contributed by atoms with Gasteiger partial charge in [-0.1, -0.05) is 18.2 Å². The largest absolute Gasteiger partial charge is 0.493 e. The number of ether oxygens (including phenoxy) is 2. The Kier molecular flexibility index (Phi) is 8.11. The van der Waals surface area contributed by atoms with E-state index < -0.39 is 0 Å². The van der Waals surface area contributed by atoms with Gasteiger partial charge in [-0.15, -0.1) is 6.58 Å². The highest BCUT2D eigenvalue weighted by Crippen LogP contribution is 2.37. The second kappa shape index (κ2) is 11.0. The summed E-state index contributed by atoms with van der Waals surface area (Å²) >= 11 is 1.38. The van der Waals surface area contributed by atoms with Crippen LogP contribution in [0.5, 0.6) is 11.5 Å². The zero-order valence-electron chi connectivity index (χ0n) is 18.6. The van der Waals surface area contributed by atoms with E-state index in [-0.39, 0.29) is 18.3 Å². The average Bonchev–Trinajstić information content (AvgIpc) is 3.08. The predicted octanol–water partition coefficient (Wildman–Crippen LogP) is 5.45. The van der Waals surface area contributed by atoms with Gasteiger partial charge in [-0.25, -0.2) is 4.39 Å². The van der Waals surface area contributed by atoms with Gasteiger partial charge in [0.15, 0.2) is 16.7 Å². The van der Waals surface area contributed by atoms with Gasteiger partial charge in [0.2, 0.25) is 0 Å². The number of thioether (sulfide) groups is 1. The van der Waals surface area contributed by atoms with Gasteiger partial charge in [-0.2, -0.15) is 0 Å². The molecular weight excluding hydrogens is 427 g/mol. The third-order valence-corrected chi connectivity index (χ3v) is 5.87. The quantitative estimate of drug-likeness (QED) is 0.373. The van der Waals surface area contributed by atoms with E-state index in [1.165, 1.54) is 23.9 Å². The van der Waals surface area contributed by atoms with Gasteiger partial charge in [-0.05, 0) is 73.5 Å². The monoisotopic (exact) mass is 454 g/mol. The number of allylic oxidation sites excluding steroid dienone is 1. The molecule has 5 nitrogen and oxygen atoms in total. The van der Waals surface area contributed by atoms with Gasteiger partial charge in [-0.3, -0.25) is 14.7 Å². The Morgan fingerprint density at radius 2 is 1.97 bits per heavy atom. The standard InChI is InChI=1S/C25H27FN2O3S/c1-5-8-19-13-18(15-22-24(29)28(7-3)25(32-22)27-6-2)14-21(30-4)23(19)31-16-17-9-11-20(26)12-10-17/h5,9-15H,1,6-8,16H2,2-4H3/b22-15-,27-25?. The number of rotatable bonds is 9. The third kappa shape index (κ3) is 5.40. The molecule has 2 aromatic rings. The van der Waals surface area contributed by atoms with Crippen molar-refractivity contribution < 1.29 is 18.7 Å². The highest BCUT2D eigenvalue weighted by Gasteiger charge is 2.32. The molecule has 0 atom stereocenters. The number of carbonyl (C=O) groups excluding carboxylic acids is 1. The normalized spacial score (nSPS) is 16.1. The van der Waals surface area contributed by atoms with Crippen molar-refractivity contribution in [3.05, 3.63) is 76.5 Å². The summed E-state index contributed by atoms with van der Waals surface area (Å²) < 4.78 is 24.8. The molecule has 0 aromatic heterocycles. The molecule has 0 saturated carbocycles. The summed E-state index contributed by atoms with van der Waals surface area (Å²) in [5, 5.41) is 0.726. The predicted molar refractivity (Wildman–Crippen MR) is 129 cm³/mol. The van der Waals surface area contributed by atoms with Crippen molar-refractivity contribution in [3.8, 4) is 11.5 Å². The van der Waals surface area contributed by atoms with Crippen molar-refractivity contribution in [2.45, 2.75) is 26.9 Å². The van der Waals surface area contributed by atoms with Crippen molar-refractivity contribution in [1.82, 2.24) is 4.90 Å². The zero-order chi connectivity index (χ0) is 23.1. The Morgan fingerprint density at radius 1 is 1.22 bits per heavy atom. The molecule has 7 heteroatoms. The summed E-state index contributed by atoms with van der Waals surface area (Å²) in [6, 6.07) is 10.00. The Bertz CT molecular complexity index is 1050. The third-order valence-electron chi connectivity index (χ3n) is 4.83. The maximum absolute atomic E-state index is 13.2. The van der Waals surface area contributed by atoms with Crippen molar-refractivity contribution >= 4 is 28.9 Å². The topological polar surface area (TPSA) is 51.1 Å². The van der Waals surface area contributed by atoms with Crippen LogP contribution < -0.4 is 9.47 Å². The van der Waals surface area contributed by atoms with Gasteiger partial charge in [0.1, 0.15) is 12.4 Å². The summed E-state index contributed by atoms with van der Waals surface area (Å²) in [6.45, 7) is 9.20. The molecule has 0 aliphatic carbocycles. The summed E-state index contributed by atoms with van der Waals surface area (Å²) in [4.78, 5) is 19.5. The number of nitrogens with zero attached hydrogens (tertiary/aromatic N) is 2. The SMILES string of the molecule is C=CCc1cc(/C=C2\SC(=NCC)N(CC)C2=O)cc(OC)c1OCc1ccc(F)cc1. The van der Waals surface area contributed by atoms with Crippen molar-refractivity contribution in [3.63, 3.8) is 0 Å². The van der Waals surface area contributed by atoms with E-state index in [0.29, 0.717) is 35.9 Å². The van der Waals surface area contributed by atoms with Crippen LogP contribution in [0.1, 0.15) is 30.5 Å². The fraction of sp³-hybridized carbons (Fsp3) is 0.280. The second-order valence-corrected chi connectivity index (χ2v) is 8.05. The summed E-state index contributed by atoms with van der Waals surface area (Å²) in [6.07, 6.45) is 4.21. The van der Waals surface area contributed by atoms with E-state index in [9.17, 15) is 9.18 Å². The first-order valence-electron chi connectivity index (χ1n) is 10.5. The average molecular weight is 455 g/mol. The number of carbonyl (C=O) groups is 1. The number of amides is 1. The second-order valence-electron chi connectivity index (χ2n) is 7.04. The van der Waals surface area contributed by atoms with Crippen LogP contribution >= 0.6 is 11.8 Å². The maximum Gasteiger partial charge on any atom is 0.266 e. The van der Waals surface area contributed by atoms with Crippen molar-refractivity contribution in [1.29, 1.82) is 0 Å². The highest BCUT2D eigenvalue weighted by atomic mass is 32.2. The molecule has 0 N–H and O–H groups in total. The van der Waals surface area contributed by atoms with Crippen molar-refractivity contribution in [2.75, 3.05) is 20.2 Å². The Hall–Kier alpha value is -3.06. The van der Waals surface area contributed by atoms with Crippen LogP contribution in [-0.2, 0) is 17.8 Å². The minimum absolute atomic E-state index is 0.0504. The lowest BCUT2D eigenvalue weighted by atomic mass is 10.0. The number of amidine groups is 1. The molecule has 0 unspecified atom stereocenters. The lowest BCUT2D eigenvalue weighted by Crippen LogP contribution is -2.28. The minimum atomic E-state index is -0.288. The Balaban J connectivity index is 1.93. The van der Waals surface area contributed by atoms with E-state index in [1.807, 2.05) is 32.1 Å². The molecule has 168 valence electrons. The summed E-state index contributed by atoms with van der Waals surface area (Å²) in [5.74, 6) is 0.825. The number of likely N-dealkylation sites (N-methyl/N-ethyl adjacent to an activating group) is 1. The van der Waals surface area contributed by atoms with Crippen LogP contribution in [0, 0.1) is 5.82 Å². The number of methoxy groups -OCH3 is 1. The van der Waals surface area contributed by atoms with E-state index in [2.05, 4.69) is 11.6 Å². The Labute approximate surface area is 192 Å². The highest BCUT2D eigenvalue weighted by molar-refractivity contribution is 8.18. The first kappa shape index (κ1) is 23.6. The summed E-state index contributed by atoms with van der Waals surface area (Å²) in [7, 11) is 1.58. The van der Waals surface area contributed by atoms with Crippen LogP contribution in [0.25, 0.3) is 6.08 Å². The smallest absolute Gasteiger partial charge is 0.266 e. The van der Waals surface area contributed by atoms with E-state index >= 15 is 0 Å². The Morgan fingerprint density at radius 3 is 2.59 bits per heavy atom. The molecule has 32 heavy (non-hydrogen) atoms. The molecule has 1 heterocycles. The van der Waals surface area contributed by atoms with Crippen LogP contribution in [0.3, 0.4) is 0 Å². The molecule has 1 amide bonds. The molecule has 1 saturated heterocycles. The zero-order valence-corrected chi connectivity index (χ0v) is 19.4. The number of aliphatic imine (C=N–C) groups is 1. The first-order valence-corrected chi connectivity index (χ1v) is 11.3. The number of hydrogen-bond donors (Lipinski definition) is 0. The number of benzene rings is 2. The molecule has 1 fully saturated rings. The fourth-order valence-corrected chi connectivity index (χ4v) is 4.42. The number of halogens is 1. The van der Waals surface area contributed by atoms with Crippen LogP contribution in [0.4, 0.5) is 4.39 Å². The van der Waals surface area contributed by atoms with Gasteiger partial charge < -0.3 is 9.47 Å². The van der Waals surface area contributed by atoms with Crippen molar-refractivity contribution in [2.24, 2.45) is 4.99 Å². The van der Waals surface area contributed by atoms with E-state index in [1.54, 1.807) is 30.2 Å². The van der Waals surface area contributed by atoms with Crippen LogP contribution in [0.15, 0.2) is 59.0 Å². The first-order chi connectivity index (χ1) is 15.5. The van der Waals surface area contributed by atoms with Crippen LogP contribution in [-0.4, -0.2) is 36.2 Å². The maximum atomic E-state index is 13.2. The summed E-state index contributed by atoms with van der Waals surface area (Å²) in [5.41, 5.74) is 2.57. The molecule has 1 aliphatic rings. The lowest BCUT2D eigenvalue weighted by molar-refractivity contribution is -0.122. The van der Waals surface area contributed by atoms with Gasteiger partial charge >= 0.3 is 0 Å². The molecule has 3 rings (SSSR count). The van der Waals surface area contributed by atoms with Gasteiger partial charge in [0.25, 0.3) is 5.91 Å². The van der Waals surface area contributed by atoms with E-state index in [0.717, 1.165) is 21.9 Å². The fourth-order valence-electron chi connectivity index (χ4n) is 3.32. The lowest BCUT2D eigenvalue weighted by Gasteiger charge is -2.16. The minimum Gasteiger partial charge on any atom is -0.493 e. The molecule has 0 spiro atoms. The van der Waals surface area contributed by atoms with Crippen LogP contribution in [0.2, 0.25) is 0 Å². The van der Waals surface area contributed by atoms with E-state index in [4.69, 9.17) is 9.47 Å². The van der Waals surface area contributed by atoms with Gasteiger partial charge in [0, 0.05) is 18.7 Å². The van der Waals surface area contributed by atoms with Gasteiger partial charge in [0.05, 0.1) is 12.0 Å². The molecular formula is C25H27FN2O3S. The molecule has 2 aromatic carbocycles. The molecule has 1 aliphatic heterocycles. The number of hydrogen-bond acceptors (Lipinski definition) is 5. The molecule has 0 radical (unpaired) electrons. The molecule has 0 bridgehead atoms.